The number of amides is 1. The van der Waals surface area contributed by atoms with Gasteiger partial charge in [-0.15, -0.1) is 0 Å². The number of carbonyl (C=O) groups is 1. The third-order valence-corrected chi connectivity index (χ3v) is 2.57. The van der Waals surface area contributed by atoms with Crippen LogP contribution in [0, 0.1) is 25.2 Å². The van der Waals surface area contributed by atoms with E-state index in [1.165, 1.54) is 0 Å². The Morgan fingerprint density at radius 2 is 2.00 bits per heavy atom. The highest BCUT2D eigenvalue weighted by Gasteiger charge is 2.08. The van der Waals surface area contributed by atoms with Gasteiger partial charge in [0.05, 0.1) is 18.2 Å². The average Bonchev–Trinajstić information content (AvgIpc) is 2.37. The van der Waals surface area contributed by atoms with Crippen LogP contribution in [-0.4, -0.2) is 32.8 Å². The van der Waals surface area contributed by atoms with Gasteiger partial charge < -0.3 is 14.8 Å². The van der Waals surface area contributed by atoms with Crippen LogP contribution in [0.5, 0.6) is 5.75 Å². The molecule has 0 spiro atoms. The Bertz CT molecular complexity index is 469. The summed E-state index contributed by atoms with van der Waals surface area (Å²) in [4.78, 5) is 11.5. The molecule has 0 aromatic heterocycles. The summed E-state index contributed by atoms with van der Waals surface area (Å²) < 4.78 is 10.3. The normalized spacial score (nSPS) is 9.79. The molecule has 0 atom stereocenters. The van der Waals surface area contributed by atoms with Crippen LogP contribution in [0.15, 0.2) is 12.1 Å². The van der Waals surface area contributed by atoms with Crippen LogP contribution in [-0.2, 0) is 9.53 Å². The third kappa shape index (κ3) is 4.60. The van der Waals surface area contributed by atoms with Gasteiger partial charge in [-0.1, -0.05) is 0 Å². The first kappa shape index (κ1) is 15.0. The fraction of sp³-hybridized carbons (Fsp3) is 0.429. The van der Waals surface area contributed by atoms with Gasteiger partial charge >= 0.3 is 0 Å². The zero-order chi connectivity index (χ0) is 14.3. The van der Waals surface area contributed by atoms with E-state index in [0.717, 1.165) is 11.1 Å². The molecule has 0 saturated carbocycles. The molecule has 0 aliphatic rings. The summed E-state index contributed by atoms with van der Waals surface area (Å²) in [5.74, 6) is 0.459. The van der Waals surface area contributed by atoms with Gasteiger partial charge in [0.15, 0.2) is 6.61 Å². The van der Waals surface area contributed by atoms with Crippen LogP contribution in [0.4, 0.5) is 0 Å². The number of nitriles is 1. The summed E-state index contributed by atoms with van der Waals surface area (Å²) in [5.41, 5.74) is 2.29. The number of hydrogen-bond acceptors (Lipinski definition) is 4. The van der Waals surface area contributed by atoms with Crippen molar-refractivity contribution in [2.75, 3.05) is 26.9 Å². The number of ether oxygens (including phenoxy) is 2. The SMILES string of the molecule is COCCNC(=O)COc1c(C)cc(C#N)cc1C. The minimum absolute atomic E-state index is 0.0444. The van der Waals surface area contributed by atoms with Gasteiger partial charge in [-0.05, 0) is 37.1 Å². The number of nitrogens with one attached hydrogen (secondary N) is 1. The summed E-state index contributed by atoms with van der Waals surface area (Å²) in [6.45, 7) is 4.60. The van der Waals surface area contributed by atoms with Crippen molar-refractivity contribution < 1.29 is 14.3 Å². The van der Waals surface area contributed by atoms with Gasteiger partial charge in [-0.2, -0.15) is 5.26 Å². The Hall–Kier alpha value is -2.06. The zero-order valence-electron chi connectivity index (χ0n) is 11.4. The number of benzene rings is 1. The van der Waals surface area contributed by atoms with Crippen LogP contribution < -0.4 is 10.1 Å². The molecule has 5 heteroatoms. The number of rotatable bonds is 6. The van der Waals surface area contributed by atoms with E-state index in [9.17, 15) is 4.79 Å². The van der Waals surface area contributed by atoms with E-state index in [-0.39, 0.29) is 12.5 Å². The van der Waals surface area contributed by atoms with Crippen LogP contribution in [0.1, 0.15) is 16.7 Å². The van der Waals surface area contributed by atoms with E-state index < -0.39 is 0 Å². The number of nitrogens with zero attached hydrogens (tertiary/aromatic N) is 1. The molecular weight excluding hydrogens is 244 g/mol. The van der Waals surface area contributed by atoms with Crippen molar-refractivity contribution in [3.63, 3.8) is 0 Å². The molecule has 1 aromatic rings. The largest absolute Gasteiger partial charge is 0.483 e. The Balaban J connectivity index is 2.59. The first-order valence-corrected chi connectivity index (χ1v) is 5.98. The number of methoxy groups -OCH3 is 1. The average molecular weight is 262 g/mol. The van der Waals surface area contributed by atoms with Crippen LogP contribution in [0.3, 0.4) is 0 Å². The number of hydrogen-bond donors (Lipinski definition) is 1. The maximum Gasteiger partial charge on any atom is 0.258 e. The maximum absolute atomic E-state index is 11.5. The topological polar surface area (TPSA) is 71.3 Å². The van der Waals surface area contributed by atoms with Gasteiger partial charge in [0.2, 0.25) is 0 Å². The summed E-state index contributed by atoms with van der Waals surface area (Å²) in [6.07, 6.45) is 0. The summed E-state index contributed by atoms with van der Waals surface area (Å²) in [5, 5.41) is 11.5. The lowest BCUT2D eigenvalue weighted by molar-refractivity contribution is -0.123. The third-order valence-electron chi connectivity index (χ3n) is 2.57. The molecule has 1 rings (SSSR count). The van der Waals surface area contributed by atoms with Crippen molar-refractivity contribution in [3.05, 3.63) is 28.8 Å². The second kappa shape index (κ2) is 7.39. The van der Waals surface area contributed by atoms with Crippen molar-refractivity contribution in [2.24, 2.45) is 0 Å². The molecule has 0 unspecified atom stereocenters. The molecule has 0 aliphatic heterocycles. The molecule has 19 heavy (non-hydrogen) atoms. The van der Waals surface area contributed by atoms with E-state index in [0.29, 0.717) is 24.5 Å². The molecule has 1 aromatic carbocycles. The lowest BCUT2D eigenvalue weighted by Gasteiger charge is -2.12. The molecule has 0 aliphatic carbocycles. The summed E-state index contributed by atoms with van der Waals surface area (Å²) in [7, 11) is 1.58. The molecule has 102 valence electrons. The van der Waals surface area contributed by atoms with E-state index in [1.54, 1.807) is 19.2 Å². The molecule has 0 saturated heterocycles. The van der Waals surface area contributed by atoms with E-state index in [2.05, 4.69) is 11.4 Å². The Morgan fingerprint density at radius 1 is 1.37 bits per heavy atom. The quantitative estimate of drug-likeness (QED) is 0.785. The highest BCUT2D eigenvalue weighted by molar-refractivity contribution is 5.77. The second-order valence-electron chi connectivity index (χ2n) is 4.18. The summed E-state index contributed by atoms with van der Waals surface area (Å²) >= 11 is 0. The molecule has 5 nitrogen and oxygen atoms in total. The predicted octanol–water partition coefficient (Wildman–Crippen LogP) is 1.32. The molecule has 1 N–H and O–H groups in total. The van der Waals surface area contributed by atoms with E-state index in [4.69, 9.17) is 14.7 Å². The van der Waals surface area contributed by atoms with Crippen LogP contribution in [0.25, 0.3) is 0 Å². The molecule has 0 bridgehead atoms. The number of aryl methyl sites for hydroxylation is 2. The standard InChI is InChI=1S/C14H18N2O3/c1-10-6-12(8-15)7-11(2)14(10)19-9-13(17)16-4-5-18-3/h6-7H,4-5,9H2,1-3H3,(H,16,17). The molecule has 0 heterocycles. The Kier molecular flexibility index (Phi) is 5.83. The lowest BCUT2D eigenvalue weighted by atomic mass is 10.1. The van der Waals surface area contributed by atoms with Crippen molar-refractivity contribution in [1.29, 1.82) is 5.26 Å². The van der Waals surface area contributed by atoms with Crippen molar-refractivity contribution in [2.45, 2.75) is 13.8 Å². The second-order valence-corrected chi connectivity index (χ2v) is 4.18. The maximum atomic E-state index is 11.5. The van der Waals surface area contributed by atoms with Gasteiger partial charge in [0.25, 0.3) is 5.91 Å². The highest BCUT2D eigenvalue weighted by atomic mass is 16.5. The van der Waals surface area contributed by atoms with Crippen molar-refractivity contribution >= 4 is 5.91 Å². The minimum Gasteiger partial charge on any atom is -0.483 e. The molecule has 0 radical (unpaired) electrons. The highest BCUT2D eigenvalue weighted by Crippen LogP contribution is 2.24. The van der Waals surface area contributed by atoms with Crippen molar-refractivity contribution in [1.82, 2.24) is 5.32 Å². The monoisotopic (exact) mass is 262 g/mol. The minimum atomic E-state index is -0.194. The lowest BCUT2D eigenvalue weighted by Crippen LogP contribution is -2.31. The smallest absolute Gasteiger partial charge is 0.258 e. The fourth-order valence-corrected chi connectivity index (χ4v) is 1.72. The Labute approximate surface area is 113 Å². The van der Waals surface area contributed by atoms with Crippen LogP contribution in [0.2, 0.25) is 0 Å². The molecule has 0 fully saturated rings. The zero-order valence-corrected chi connectivity index (χ0v) is 11.4. The number of carbonyl (C=O) groups excluding carboxylic acids is 1. The summed E-state index contributed by atoms with van der Waals surface area (Å²) in [6, 6.07) is 5.57. The van der Waals surface area contributed by atoms with E-state index >= 15 is 0 Å². The van der Waals surface area contributed by atoms with Crippen molar-refractivity contribution in [3.8, 4) is 11.8 Å². The van der Waals surface area contributed by atoms with Gasteiger partial charge in [-0.25, -0.2) is 0 Å². The molecular formula is C14H18N2O3. The van der Waals surface area contributed by atoms with E-state index in [1.807, 2.05) is 13.8 Å². The Morgan fingerprint density at radius 3 is 2.53 bits per heavy atom. The van der Waals surface area contributed by atoms with Gasteiger partial charge in [-0.3, -0.25) is 4.79 Å². The fourth-order valence-electron chi connectivity index (χ4n) is 1.72. The van der Waals surface area contributed by atoms with Gasteiger partial charge in [0, 0.05) is 13.7 Å². The first-order valence-electron chi connectivity index (χ1n) is 5.98. The van der Waals surface area contributed by atoms with Crippen LogP contribution >= 0.6 is 0 Å². The first-order chi connectivity index (χ1) is 9.08. The predicted molar refractivity (Wildman–Crippen MR) is 71.0 cm³/mol. The molecule has 1 amide bonds. The van der Waals surface area contributed by atoms with Gasteiger partial charge in [0.1, 0.15) is 5.75 Å².